The van der Waals surface area contributed by atoms with Crippen LogP contribution in [0.3, 0.4) is 0 Å². The molecule has 0 spiro atoms. The molecule has 0 N–H and O–H groups in total. The van der Waals surface area contributed by atoms with E-state index < -0.39 is 0 Å². The predicted molar refractivity (Wildman–Crippen MR) is 71.5 cm³/mol. The number of methoxy groups -OCH3 is 1. The Labute approximate surface area is 117 Å². The molecule has 2 aromatic rings. The molecule has 2 heterocycles. The van der Waals surface area contributed by atoms with E-state index in [9.17, 15) is 4.79 Å². The molecule has 0 aliphatic heterocycles. The van der Waals surface area contributed by atoms with Crippen molar-refractivity contribution in [3.05, 3.63) is 30.0 Å². The van der Waals surface area contributed by atoms with Crippen LogP contribution in [0.2, 0.25) is 0 Å². The van der Waals surface area contributed by atoms with Crippen LogP contribution < -0.4 is 4.74 Å². The molecular formula is C13H17N5O2. The molecule has 2 aromatic heterocycles. The first-order valence-electron chi connectivity index (χ1n) is 6.37. The van der Waals surface area contributed by atoms with E-state index in [0.717, 1.165) is 6.54 Å². The SMILES string of the molecule is COc1ccc(C(=O)Cc2ncnn2CC(C)C)nn1. The summed E-state index contributed by atoms with van der Waals surface area (Å²) >= 11 is 0. The highest BCUT2D eigenvalue weighted by Crippen LogP contribution is 2.08. The third kappa shape index (κ3) is 3.37. The number of ketones is 1. The zero-order chi connectivity index (χ0) is 14.5. The number of ether oxygens (including phenoxy) is 1. The van der Waals surface area contributed by atoms with E-state index in [1.165, 1.54) is 13.4 Å². The van der Waals surface area contributed by atoms with E-state index in [1.807, 2.05) is 0 Å². The van der Waals surface area contributed by atoms with Gasteiger partial charge in [-0.05, 0) is 12.0 Å². The fraction of sp³-hybridized carbons (Fsp3) is 0.462. The Balaban J connectivity index is 2.09. The first-order chi connectivity index (χ1) is 9.60. The van der Waals surface area contributed by atoms with Gasteiger partial charge in [-0.3, -0.25) is 4.79 Å². The Kier molecular flexibility index (Phi) is 4.39. The fourth-order valence-electron chi connectivity index (χ4n) is 1.74. The molecule has 20 heavy (non-hydrogen) atoms. The van der Waals surface area contributed by atoms with Crippen LogP contribution in [0.5, 0.6) is 5.88 Å². The van der Waals surface area contributed by atoms with Crippen LogP contribution in [0.4, 0.5) is 0 Å². The molecular weight excluding hydrogens is 258 g/mol. The maximum Gasteiger partial charge on any atom is 0.233 e. The minimum Gasteiger partial charge on any atom is -0.480 e. The molecule has 2 rings (SSSR count). The molecule has 0 radical (unpaired) electrons. The second kappa shape index (κ2) is 6.23. The number of carbonyl (C=O) groups is 1. The lowest BCUT2D eigenvalue weighted by Crippen LogP contribution is -2.15. The number of aromatic nitrogens is 5. The summed E-state index contributed by atoms with van der Waals surface area (Å²) in [4.78, 5) is 16.3. The van der Waals surface area contributed by atoms with Crippen molar-refractivity contribution in [2.75, 3.05) is 7.11 Å². The molecule has 0 fully saturated rings. The van der Waals surface area contributed by atoms with Crippen molar-refractivity contribution in [3.8, 4) is 5.88 Å². The number of hydrogen-bond donors (Lipinski definition) is 0. The predicted octanol–water partition coefficient (Wildman–Crippen LogP) is 1.16. The Morgan fingerprint density at radius 2 is 2.15 bits per heavy atom. The molecule has 0 aliphatic rings. The van der Waals surface area contributed by atoms with Gasteiger partial charge in [-0.15, -0.1) is 10.2 Å². The molecule has 0 unspecified atom stereocenters. The molecule has 0 amide bonds. The van der Waals surface area contributed by atoms with Crippen LogP contribution in [0, 0.1) is 5.92 Å². The van der Waals surface area contributed by atoms with E-state index in [2.05, 4.69) is 34.1 Å². The van der Waals surface area contributed by atoms with Gasteiger partial charge in [0.25, 0.3) is 0 Å². The topological polar surface area (TPSA) is 82.8 Å². The van der Waals surface area contributed by atoms with Crippen LogP contribution in [0.15, 0.2) is 18.5 Å². The van der Waals surface area contributed by atoms with Crippen LogP contribution >= 0.6 is 0 Å². The fourth-order valence-corrected chi connectivity index (χ4v) is 1.74. The van der Waals surface area contributed by atoms with E-state index >= 15 is 0 Å². The standard InChI is InChI=1S/C13H17N5O2/c1-9(2)7-18-12(14-8-15-18)6-11(19)10-4-5-13(20-3)17-16-10/h4-5,8-9H,6-7H2,1-3H3. The highest BCUT2D eigenvalue weighted by atomic mass is 16.5. The number of hydrogen-bond acceptors (Lipinski definition) is 6. The van der Waals surface area contributed by atoms with Crippen molar-refractivity contribution in [3.63, 3.8) is 0 Å². The maximum absolute atomic E-state index is 12.1. The van der Waals surface area contributed by atoms with E-state index in [0.29, 0.717) is 23.3 Å². The summed E-state index contributed by atoms with van der Waals surface area (Å²) in [5.41, 5.74) is 0.296. The van der Waals surface area contributed by atoms with Crippen molar-refractivity contribution >= 4 is 5.78 Å². The number of Topliss-reactive ketones (excluding diaryl/α,β-unsaturated/α-hetero) is 1. The number of rotatable bonds is 6. The Morgan fingerprint density at radius 1 is 1.35 bits per heavy atom. The van der Waals surface area contributed by atoms with Gasteiger partial charge in [0.15, 0.2) is 5.78 Å². The molecule has 106 valence electrons. The summed E-state index contributed by atoms with van der Waals surface area (Å²) in [7, 11) is 1.50. The third-order valence-electron chi connectivity index (χ3n) is 2.69. The quantitative estimate of drug-likeness (QED) is 0.736. The largest absolute Gasteiger partial charge is 0.480 e. The van der Waals surface area contributed by atoms with Gasteiger partial charge in [0, 0.05) is 12.6 Å². The lowest BCUT2D eigenvalue weighted by atomic mass is 10.2. The van der Waals surface area contributed by atoms with Crippen molar-refractivity contribution in [1.82, 2.24) is 25.0 Å². The van der Waals surface area contributed by atoms with Crippen molar-refractivity contribution in [2.45, 2.75) is 26.8 Å². The average Bonchev–Trinajstić information content (AvgIpc) is 2.85. The zero-order valence-electron chi connectivity index (χ0n) is 11.8. The van der Waals surface area contributed by atoms with Gasteiger partial charge in [0.2, 0.25) is 5.88 Å². The van der Waals surface area contributed by atoms with Crippen LogP contribution in [-0.2, 0) is 13.0 Å². The third-order valence-corrected chi connectivity index (χ3v) is 2.69. The van der Waals surface area contributed by atoms with Crippen LogP contribution in [-0.4, -0.2) is 37.9 Å². The monoisotopic (exact) mass is 275 g/mol. The summed E-state index contributed by atoms with van der Waals surface area (Å²) < 4.78 is 6.66. The summed E-state index contributed by atoms with van der Waals surface area (Å²) in [6.45, 7) is 4.90. The molecule has 7 heteroatoms. The van der Waals surface area contributed by atoms with E-state index in [4.69, 9.17) is 4.74 Å². The van der Waals surface area contributed by atoms with Crippen LogP contribution in [0.25, 0.3) is 0 Å². The van der Waals surface area contributed by atoms with Crippen LogP contribution in [0.1, 0.15) is 30.2 Å². The number of nitrogens with zero attached hydrogens (tertiary/aromatic N) is 5. The average molecular weight is 275 g/mol. The first kappa shape index (κ1) is 14.1. The smallest absolute Gasteiger partial charge is 0.233 e. The first-order valence-corrected chi connectivity index (χ1v) is 6.37. The molecule has 0 bridgehead atoms. The maximum atomic E-state index is 12.1. The number of carbonyl (C=O) groups excluding carboxylic acids is 1. The van der Waals surface area contributed by atoms with Gasteiger partial charge in [0.1, 0.15) is 17.8 Å². The van der Waals surface area contributed by atoms with Crippen molar-refractivity contribution in [2.24, 2.45) is 5.92 Å². The minimum atomic E-state index is -0.141. The van der Waals surface area contributed by atoms with E-state index in [1.54, 1.807) is 16.8 Å². The molecule has 0 saturated carbocycles. The molecule has 0 saturated heterocycles. The van der Waals surface area contributed by atoms with Crippen molar-refractivity contribution in [1.29, 1.82) is 0 Å². The summed E-state index contributed by atoms with van der Waals surface area (Å²) in [5.74, 6) is 1.32. The van der Waals surface area contributed by atoms with E-state index in [-0.39, 0.29) is 12.2 Å². The normalized spacial score (nSPS) is 10.8. The van der Waals surface area contributed by atoms with Gasteiger partial charge in [0.05, 0.1) is 13.5 Å². The lowest BCUT2D eigenvalue weighted by Gasteiger charge is -2.07. The van der Waals surface area contributed by atoms with Gasteiger partial charge < -0.3 is 4.74 Å². The highest BCUT2D eigenvalue weighted by Gasteiger charge is 2.14. The molecule has 0 atom stereocenters. The highest BCUT2D eigenvalue weighted by molar-refractivity contribution is 5.95. The zero-order valence-corrected chi connectivity index (χ0v) is 11.8. The Morgan fingerprint density at radius 3 is 2.75 bits per heavy atom. The summed E-state index contributed by atoms with van der Waals surface area (Å²) in [6, 6.07) is 3.20. The lowest BCUT2D eigenvalue weighted by molar-refractivity contribution is 0.0983. The summed E-state index contributed by atoms with van der Waals surface area (Å²) in [6.07, 6.45) is 1.62. The molecule has 0 aliphatic carbocycles. The van der Waals surface area contributed by atoms with Gasteiger partial charge >= 0.3 is 0 Å². The Bertz CT molecular complexity index is 577. The molecule has 7 nitrogen and oxygen atoms in total. The minimum absolute atomic E-state index is 0.141. The Hall–Kier alpha value is -2.31. The second-order valence-electron chi connectivity index (χ2n) is 4.81. The van der Waals surface area contributed by atoms with Gasteiger partial charge in [-0.25, -0.2) is 9.67 Å². The summed E-state index contributed by atoms with van der Waals surface area (Å²) in [5, 5.41) is 11.7. The van der Waals surface area contributed by atoms with Gasteiger partial charge in [-0.1, -0.05) is 13.8 Å². The second-order valence-corrected chi connectivity index (χ2v) is 4.81. The van der Waals surface area contributed by atoms with Crippen molar-refractivity contribution < 1.29 is 9.53 Å². The molecule has 0 aromatic carbocycles. The van der Waals surface area contributed by atoms with Gasteiger partial charge in [-0.2, -0.15) is 5.10 Å².